The minimum atomic E-state index is 0.870. The Bertz CT molecular complexity index is 815. The van der Waals surface area contributed by atoms with Gasteiger partial charge in [-0.05, 0) is 38.0 Å². The van der Waals surface area contributed by atoms with Crippen molar-refractivity contribution < 1.29 is 9.47 Å². The third kappa shape index (κ3) is 1.52. The summed E-state index contributed by atoms with van der Waals surface area (Å²) in [5, 5.41) is 2.40. The Balaban J connectivity index is 2.58. The van der Waals surface area contributed by atoms with Crippen LogP contribution in [0.3, 0.4) is 0 Å². The zero-order chi connectivity index (χ0) is 14.4. The summed E-state index contributed by atoms with van der Waals surface area (Å²) in [5.41, 5.74) is 5.79. The van der Waals surface area contributed by atoms with Crippen molar-refractivity contribution in [1.82, 2.24) is 4.98 Å². The molecular formula is C17H19NO2. The second kappa shape index (κ2) is 4.44. The highest BCUT2D eigenvalue weighted by atomic mass is 16.5. The molecule has 0 radical (unpaired) electrons. The molecule has 3 heteroatoms. The van der Waals surface area contributed by atoms with Crippen LogP contribution in [0.2, 0.25) is 0 Å². The van der Waals surface area contributed by atoms with E-state index in [4.69, 9.17) is 9.47 Å². The average Bonchev–Trinajstić information content (AvgIpc) is 2.85. The second-order valence-electron chi connectivity index (χ2n) is 5.17. The van der Waals surface area contributed by atoms with E-state index in [1.165, 1.54) is 33.0 Å². The van der Waals surface area contributed by atoms with E-state index in [0.29, 0.717) is 0 Å². The van der Waals surface area contributed by atoms with Crippen molar-refractivity contribution in [3.8, 4) is 11.5 Å². The number of hydrogen-bond acceptors (Lipinski definition) is 2. The molecule has 0 saturated carbocycles. The van der Waals surface area contributed by atoms with Crippen molar-refractivity contribution in [2.24, 2.45) is 0 Å². The van der Waals surface area contributed by atoms with Gasteiger partial charge in [-0.3, -0.25) is 0 Å². The number of nitrogens with one attached hydrogen (secondary N) is 1. The fraction of sp³-hybridized carbons (Fsp3) is 0.294. The van der Waals surface area contributed by atoms with Crippen molar-refractivity contribution in [3.63, 3.8) is 0 Å². The van der Waals surface area contributed by atoms with Gasteiger partial charge in [-0.1, -0.05) is 12.1 Å². The highest BCUT2D eigenvalue weighted by Crippen LogP contribution is 2.40. The van der Waals surface area contributed by atoms with Gasteiger partial charge in [0.05, 0.1) is 25.3 Å². The van der Waals surface area contributed by atoms with Crippen LogP contribution < -0.4 is 9.47 Å². The Morgan fingerprint density at radius 3 is 2.25 bits per heavy atom. The van der Waals surface area contributed by atoms with Crippen LogP contribution in [0.15, 0.2) is 18.2 Å². The van der Waals surface area contributed by atoms with Gasteiger partial charge in [-0.15, -0.1) is 0 Å². The molecule has 1 heterocycles. The first-order chi connectivity index (χ1) is 9.60. The van der Waals surface area contributed by atoms with Gasteiger partial charge in [-0.25, -0.2) is 0 Å². The maximum Gasteiger partial charge on any atom is 0.142 e. The number of para-hydroxylation sites is 1. The monoisotopic (exact) mass is 269 g/mol. The van der Waals surface area contributed by atoms with Gasteiger partial charge in [0.1, 0.15) is 11.5 Å². The molecule has 3 nitrogen and oxygen atoms in total. The fourth-order valence-electron chi connectivity index (χ4n) is 3.09. The van der Waals surface area contributed by atoms with E-state index in [-0.39, 0.29) is 0 Å². The van der Waals surface area contributed by atoms with E-state index < -0.39 is 0 Å². The molecule has 0 unspecified atom stereocenters. The third-order valence-corrected chi connectivity index (χ3v) is 4.21. The topological polar surface area (TPSA) is 34.2 Å². The standard InChI is InChI=1S/C17H19NO2/c1-9-10(2)17(20-5)11(3)14-12-7-6-8-13(19-4)16(12)18-15(9)14/h6-8,18H,1-5H3. The Morgan fingerprint density at radius 1 is 0.850 bits per heavy atom. The summed E-state index contributed by atoms with van der Waals surface area (Å²) in [6.45, 7) is 6.34. The summed E-state index contributed by atoms with van der Waals surface area (Å²) >= 11 is 0. The smallest absolute Gasteiger partial charge is 0.142 e. The molecule has 20 heavy (non-hydrogen) atoms. The van der Waals surface area contributed by atoms with Crippen molar-refractivity contribution >= 4 is 21.8 Å². The van der Waals surface area contributed by atoms with Crippen LogP contribution in [-0.2, 0) is 0 Å². The molecule has 0 aliphatic carbocycles. The first kappa shape index (κ1) is 12.9. The lowest BCUT2D eigenvalue weighted by Gasteiger charge is -2.13. The average molecular weight is 269 g/mol. The molecule has 0 fully saturated rings. The molecule has 1 aromatic heterocycles. The second-order valence-corrected chi connectivity index (χ2v) is 5.17. The molecular weight excluding hydrogens is 250 g/mol. The maximum absolute atomic E-state index is 5.59. The molecule has 0 aliphatic rings. The lowest BCUT2D eigenvalue weighted by Crippen LogP contribution is -1.95. The lowest BCUT2D eigenvalue weighted by molar-refractivity contribution is 0.409. The highest BCUT2D eigenvalue weighted by Gasteiger charge is 2.17. The molecule has 2 aromatic carbocycles. The van der Waals surface area contributed by atoms with Gasteiger partial charge in [0.25, 0.3) is 0 Å². The SMILES string of the molecule is COc1c(C)c(C)c2[nH]c3c(OC)cccc3c2c1C. The normalized spacial score (nSPS) is 11.2. The van der Waals surface area contributed by atoms with Crippen LogP contribution in [0.1, 0.15) is 16.7 Å². The highest BCUT2D eigenvalue weighted by molar-refractivity contribution is 6.12. The maximum atomic E-state index is 5.59. The third-order valence-electron chi connectivity index (χ3n) is 4.21. The summed E-state index contributed by atoms with van der Waals surface area (Å²) in [5.74, 6) is 1.84. The van der Waals surface area contributed by atoms with Gasteiger partial charge in [0.2, 0.25) is 0 Å². The minimum absolute atomic E-state index is 0.870. The molecule has 0 spiro atoms. The molecule has 1 N–H and O–H groups in total. The van der Waals surface area contributed by atoms with Gasteiger partial charge in [0.15, 0.2) is 0 Å². The summed E-state index contributed by atoms with van der Waals surface area (Å²) in [6.07, 6.45) is 0. The Labute approximate surface area is 118 Å². The zero-order valence-corrected chi connectivity index (χ0v) is 12.5. The molecule has 0 aliphatic heterocycles. The fourth-order valence-corrected chi connectivity index (χ4v) is 3.09. The number of ether oxygens (including phenoxy) is 2. The molecule has 0 saturated heterocycles. The molecule has 3 aromatic rings. The number of rotatable bonds is 2. The number of hydrogen-bond donors (Lipinski definition) is 1. The van der Waals surface area contributed by atoms with Crippen molar-refractivity contribution in [1.29, 1.82) is 0 Å². The van der Waals surface area contributed by atoms with Crippen LogP contribution in [0.4, 0.5) is 0 Å². The van der Waals surface area contributed by atoms with Crippen LogP contribution in [0, 0.1) is 20.8 Å². The van der Waals surface area contributed by atoms with E-state index >= 15 is 0 Å². The van der Waals surface area contributed by atoms with Crippen LogP contribution in [0.5, 0.6) is 11.5 Å². The minimum Gasteiger partial charge on any atom is -0.496 e. The lowest BCUT2D eigenvalue weighted by atomic mass is 9.98. The van der Waals surface area contributed by atoms with Crippen molar-refractivity contribution in [2.75, 3.05) is 14.2 Å². The number of H-pyrrole nitrogens is 1. The summed E-state index contributed by atoms with van der Waals surface area (Å²) in [6, 6.07) is 6.12. The Morgan fingerprint density at radius 2 is 1.60 bits per heavy atom. The number of fused-ring (bicyclic) bond motifs is 3. The number of methoxy groups -OCH3 is 2. The van der Waals surface area contributed by atoms with Gasteiger partial charge >= 0.3 is 0 Å². The predicted octanol–water partition coefficient (Wildman–Crippen LogP) is 4.26. The zero-order valence-electron chi connectivity index (χ0n) is 12.5. The Hall–Kier alpha value is -2.16. The molecule has 0 atom stereocenters. The van der Waals surface area contributed by atoms with Gasteiger partial charge < -0.3 is 14.5 Å². The van der Waals surface area contributed by atoms with E-state index in [1.807, 2.05) is 12.1 Å². The molecule has 3 rings (SSSR count). The quantitative estimate of drug-likeness (QED) is 0.754. The van der Waals surface area contributed by atoms with Crippen LogP contribution in [-0.4, -0.2) is 19.2 Å². The number of aromatic nitrogens is 1. The summed E-state index contributed by atoms with van der Waals surface area (Å²) in [4.78, 5) is 3.52. The van der Waals surface area contributed by atoms with Crippen LogP contribution in [0.25, 0.3) is 21.8 Å². The molecule has 0 amide bonds. The number of aryl methyl sites for hydroxylation is 2. The first-order valence-electron chi connectivity index (χ1n) is 6.72. The van der Waals surface area contributed by atoms with E-state index in [9.17, 15) is 0 Å². The first-order valence-corrected chi connectivity index (χ1v) is 6.72. The molecule has 104 valence electrons. The van der Waals surface area contributed by atoms with Gasteiger partial charge in [0, 0.05) is 16.3 Å². The van der Waals surface area contributed by atoms with Crippen molar-refractivity contribution in [3.05, 3.63) is 34.9 Å². The Kier molecular flexibility index (Phi) is 2.85. The number of aromatic amines is 1. The van der Waals surface area contributed by atoms with E-state index in [0.717, 1.165) is 17.0 Å². The van der Waals surface area contributed by atoms with Gasteiger partial charge in [-0.2, -0.15) is 0 Å². The largest absolute Gasteiger partial charge is 0.496 e. The number of benzene rings is 2. The predicted molar refractivity (Wildman–Crippen MR) is 83.1 cm³/mol. The molecule has 0 bridgehead atoms. The van der Waals surface area contributed by atoms with Crippen molar-refractivity contribution in [2.45, 2.75) is 20.8 Å². The van der Waals surface area contributed by atoms with E-state index in [1.54, 1.807) is 14.2 Å². The van der Waals surface area contributed by atoms with Crippen LogP contribution >= 0.6 is 0 Å². The summed E-state index contributed by atoms with van der Waals surface area (Å²) in [7, 11) is 3.43. The van der Waals surface area contributed by atoms with E-state index in [2.05, 4.69) is 31.8 Å². The summed E-state index contributed by atoms with van der Waals surface area (Å²) < 4.78 is 11.1.